The average molecular weight is 388 g/mol. The summed E-state index contributed by atoms with van der Waals surface area (Å²) in [6.07, 6.45) is 5.21. The number of ether oxygens (including phenoxy) is 1. The predicted octanol–water partition coefficient (Wildman–Crippen LogP) is 3.30. The molecule has 0 atom stereocenters. The highest BCUT2D eigenvalue weighted by atomic mass is 32.2. The van der Waals surface area contributed by atoms with Gasteiger partial charge in [0.05, 0.1) is 17.9 Å². The van der Waals surface area contributed by atoms with Crippen LogP contribution >= 0.6 is 11.8 Å². The molecule has 2 aromatic rings. The second-order valence-electron chi connectivity index (χ2n) is 6.41. The van der Waals surface area contributed by atoms with Crippen molar-refractivity contribution in [3.05, 3.63) is 35.7 Å². The fourth-order valence-corrected chi connectivity index (χ4v) is 3.64. The fourth-order valence-electron chi connectivity index (χ4n) is 2.86. The van der Waals surface area contributed by atoms with Crippen molar-refractivity contribution in [1.82, 2.24) is 14.8 Å². The Morgan fingerprint density at radius 3 is 2.78 bits per heavy atom. The number of carbonyl (C=O) groups is 2. The number of benzene rings is 1. The summed E-state index contributed by atoms with van der Waals surface area (Å²) in [5.41, 5.74) is 1.12. The van der Waals surface area contributed by atoms with Gasteiger partial charge in [0.1, 0.15) is 5.82 Å². The highest BCUT2D eigenvalue weighted by molar-refractivity contribution is 7.99. The zero-order chi connectivity index (χ0) is 19.1. The van der Waals surface area contributed by atoms with Gasteiger partial charge < -0.3 is 14.6 Å². The molecule has 1 aliphatic heterocycles. The Kier molecular flexibility index (Phi) is 6.86. The fraction of sp³-hybridized carbons (Fsp3) is 0.474. The second-order valence-corrected chi connectivity index (χ2v) is 7.35. The molecule has 0 bridgehead atoms. The lowest BCUT2D eigenvalue weighted by Crippen LogP contribution is -2.15. The maximum atomic E-state index is 12.2. The van der Waals surface area contributed by atoms with E-state index in [1.807, 2.05) is 6.92 Å². The maximum absolute atomic E-state index is 12.2. The molecular formula is C19H24N4O3S. The Bertz CT molecular complexity index is 789. The number of thioether (sulfide) groups is 1. The van der Waals surface area contributed by atoms with Crippen LogP contribution in [0, 0.1) is 0 Å². The van der Waals surface area contributed by atoms with Crippen LogP contribution < -0.4 is 5.32 Å². The van der Waals surface area contributed by atoms with E-state index >= 15 is 0 Å². The molecule has 0 saturated carbocycles. The van der Waals surface area contributed by atoms with Crippen LogP contribution in [0.4, 0.5) is 5.69 Å². The van der Waals surface area contributed by atoms with Gasteiger partial charge in [-0.25, -0.2) is 4.79 Å². The number of esters is 1. The molecule has 1 aliphatic rings. The molecule has 0 spiro atoms. The van der Waals surface area contributed by atoms with Crippen LogP contribution in [0.3, 0.4) is 0 Å². The molecule has 8 heteroatoms. The number of hydrogen-bond donors (Lipinski definition) is 1. The molecule has 7 nitrogen and oxygen atoms in total. The summed E-state index contributed by atoms with van der Waals surface area (Å²) in [4.78, 5) is 24.0. The summed E-state index contributed by atoms with van der Waals surface area (Å²) in [6.45, 7) is 3.27. The number of amides is 1. The number of anilines is 1. The lowest BCUT2D eigenvalue weighted by atomic mass is 10.2. The van der Waals surface area contributed by atoms with E-state index < -0.39 is 0 Å². The van der Waals surface area contributed by atoms with Crippen molar-refractivity contribution in [1.29, 1.82) is 0 Å². The van der Waals surface area contributed by atoms with E-state index in [1.54, 1.807) is 24.3 Å². The summed E-state index contributed by atoms with van der Waals surface area (Å²) in [5, 5.41) is 12.1. The Morgan fingerprint density at radius 2 is 2.00 bits per heavy atom. The van der Waals surface area contributed by atoms with Crippen LogP contribution in [0.25, 0.3) is 0 Å². The number of carbonyl (C=O) groups excluding carboxylic acids is 2. The van der Waals surface area contributed by atoms with Gasteiger partial charge in [0, 0.05) is 18.7 Å². The third-order valence-electron chi connectivity index (χ3n) is 4.25. The van der Waals surface area contributed by atoms with Gasteiger partial charge in [0.15, 0.2) is 5.16 Å². The monoisotopic (exact) mass is 388 g/mol. The lowest BCUT2D eigenvalue weighted by Gasteiger charge is -2.08. The molecule has 0 radical (unpaired) electrons. The first-order chi connectivity index (χ1) is 13.2. The van der Waals surface area contributed by atoms with E-state index in [0.717, 1.165) is 43.2 Å². The first-order valence-electron chi connectivity index (χ1n) is 9.29. The van der Waals surface area contributed by atoms with Crippen LogP contribution in [0.5, 0.6) is 0 Å². The van der Waals surface area contributed by atoms with Crippen LogP contribution in [-0.2, 0) is 22.5 Å². The summed E-state index contributed by atoms with van der Waals surface area (Å²) in [5.74, 6) is 0.810. The summed E-state index contributed by atoms with van der Waals surface area (Å²) in [6, 6.07) is 6.71. The molecular weight excluding hydrogens is 364 g/mol. The molecule has 0 fully saturated rings. The van der Waals surface area contributed by atoms with E-state index in [0.29, 0.717) is 17.9 Å². The summed E-state index contributed by atoms with van der Waals surface area (Å²) >= 11 is 1.40. The van der Waals surface area contributed by atoms with E-state index in [2.05, 4.69) is 20.1 Å². The van der Waals surface area contributed by atoms with Crippen molar-refractivity contribution in [3.63, 3.8) is 0 Å². The van der Waals surface area contributed by atoms with Crippen molar-refractivity contribution >= 4 is 29.3 Å². The van der Waals surface area contributed by atoms with Gasteiger partial charge >= 0.3 is 5.97 Å². The Morgan fingerprint density at radius 1 is 1.19 bits per heavy atom. The van der Waals surface area contributed by atoms with Crippen LogP contribution in [0.15, 0.2) is 29.4 Å². The van der Waals surface area contributed by atoms with Crippen LogP contribution in [-0.4, -0.2) is 39.0 Å². The summed E-state index contributed by atoms with van der Waals surface area (Å²) in [7, 11) is 0. The Balaban J connectivity index is 1.51. The number of rotatable bonds is 7. The van der Waals surface area contributed by atoms with Crippen molar-refractivity contribution in [2.75, 3.05) is 17.7 Å². The first kappa shape index (κ1) is 19.4. The van der Waals surface area contributed by atoms with Gasteiger partial charge in [-0.1, -0.05) is 25.1 Å². The topological polar surface area (TPSA) is 86.1 Å². The molecule has 1 aromatic heterocycles. The minimum absolute atomic E-state index is 0.118. The molecule has 1 aromatic carbocycles. The first-order valence-corrected chi connectivity index (χ1v) is 10.3. The summed E-state index contributed by atoms with van der Waals surface area (Å²) < 4.78 is 7.21. The number of hydrogen-bond acceptors (Lipinski definition) is 6. The molecule has 2 heterocycles. The molecule has 1 amide bonds. The molecule has 0 unspecified atom stereocenters. The lowest BCUT2D eigenvalue weighted by molar-refractivity contribution is -0.113. The third-order valence-corrected chi connectivity index (χ3v) is 5.22. The van der Waals surface area contributed by atoms with Crippen LogP contribution in [0.2, 0.25) is 0 Å². The van der Waals surface area contributed by atoms with E-state index in [1.165, 1.54) is 18.2 Å². The molecule has 0 aliphatic carbocycles. The van der Waals surface area contributed by atoms with Gasteiger partial charge in [-0.05, 0) is 43.5 Å². The zero-order valence-electron chi connectivity index (χ0n) is 15.4. The van der Waals surface area contributed by atoms with E-state index in [4.69, 9.17) is 4.74 Å². The highest BCUT2D eigenvalue weighted by Gasteiger charge is 2.16. The molecule has 0 saturated heterocycles. The molecule has 3 rings (SSSR count). The molecule has 144 valence electrons. The van der Waals surface area contributed by atoms with Crippen LogP contribution in [0.1, 0.15) is 48.8 Å². The maximum Gasteiger partial charge on any atom is 0.338 e. The van der Waals surface area contributed by atoms with Gasteiger partial charge in [-0.2, -0.15) is 0 Å². The zero-order valence-corrected chi connectivity index (χ0v) is 16.3. The number of aromatic nitrogens is 3. The Labute approximate surface area is 162 Å². The number of nitrogens with zero attached hydrogens (tertiary/aromatic N) is 3. The second kappa shape index (κ2) is 9.55. The van der Waals surface area contributed by atoms with Crippen molar-refractivity contribution < 1.29 is 14.3 Å². The van der Waals surface area contributed by atoms with Gasteiger partial charge in [0.2, 0.25) is 5.91 Å². The average Bonchev–Trinajstić information content (AvgIpc) is 2.91. The van der Waals surface area contributed by atoms with E-state index in [9.17, 15) is 9.59 Å². The third kappa shape index (κ3) is 5.32. The molecule has 1 N–H and O–H groups in total. The highest BCUT2D eigenvalue weighted by Crippen LogP contribution is 2.22. The van der Waals surface area contributed by atoms with E-state index in [-0.39, 0.29) is 17.6 Å². The SMILES string of the molecule is CCCOC(=O)c1ccc(NC(=O)CSc2nnc3n2CCCCC3)cc1. The minimum atomic E-state index is -0.349. The van der Waals surface area contributed by atoms with Gasteiger partial charge in [-0.15, -0.1) is 10.2 Å². The normalized spacial score (nSPS) is 13.5. The Hall–Kier alpha value is -2.35. The molecule has 27 heavy (non-hydrogen) atoms. The van der Waals surface area contributed by atoms with Crippen molar-refractivity contribution in [3.8, 4) is 0 Å². The quantitative estimate of drug-likeness (QED) is 0.578. The minimum Gasteiger partial charge on any atom is -0.462 e. The van der Waals surface area contributed by atoms with Gasteiger partial charge in [-0.3, -0.25) is 4.79 Å². The largest absolute Gasteiger partial charge is 0.462 e. The van der Waals surface area contributed by atoms with Gasteiger partial charge in [0.25, 0.3) is 0 Å². The number of nitrogens with one attached hydrogen (secondary N) is 1. The number of fused-ring (bicyclic) bond motifs is 1. The smallest absolute Gasteiger partial charge is 0.338 e. The van der Waals surface area contributed by atoms with Crippen molar-refractivity contribution in [2.45, 2.75) is 50.7 Å². The predicted molar refractivity (Wildman–Crippen MR) is 104 cm³/mol. The standard InChI is InChI=1S/C19H24N4O3S/c1-2-12-26-18(25)14-7-9-15(10-8-14)20-17(24)13-27-19-22-21-16-6-4-3-5-11-23(16)19/h7-10H,2-6,11-13H2,1H3,(H,20,24). The number of aryl methyl sites for hydroxylation is 1. The van der Waals surface area contributed by atoms with Crippen molar-refractivity contribution in [2.24, 2.45) is 0 Å².